The van der Waals surface area contributed by atoms with Crippen LogP contribution < -0.4 is 10.5 Å². The molecule has 0 aliphatic carbocycles. The first-order chi connectivity index (χ1) is 10.2. The normalized spacial score (nSPS) is 20.9. The fraction of sp³-hybridized carbons (Fsp3) is 0.538. The van der Waals surface area contributed by atoms with E-state index in [1.807, 2.05) is 6.92 Å². The van der Waals surface area contributed by atoms with Gasteiger partial charge in [-0.05, 0) is 50.6 Å². The minimum atomic E-state index is -3.61. The lowest BCUT2D eigenvalue weighted by atomic mass is 10.0. The number of benzene rings is 1. The third kappa shape index (κ3) is 4.23. The zero-order valence-corrected chi connectivity index (χ0v) is 15.4. The molecule has 1 aliphatic rings. The summed E-state index contributed by atoms with van der Waals surface area (Å²) in [7, 11) is -5.88. The standard InChI is InChI=1S/C13H21N3O4S2.ClH/c1-10(14)11-7-8-16(9-11)22(19,20)13-5-3-12(4-6-13)21(17,18)15-2;/h3-6,10-11,15H,7-9,14H2,1-2H3;1H. The number of nitrogens with two attached hydrogens (primary N) is 1. The van der Waals surface area contributed by atoms with E-state index in [9.17, 15) is 16.8 Å². The van der Waals surface area contributed by atoms with Crippen LogP contribution in [0.25, 0.3) is 0 Å². The van der Waals surface area contributed by atoms with Crippen LogP contribution in [0, 0.1) is 5.92 Å². The molecule has 1 aromatic rings. The smallest absolute Gasteiger partial charge is 0.243 e. The summed E-state index contributed by atoms with van der Waals surface area (Å²) < 4.78 is 52.0. The number of sulfonamides is 2. The largest absolute Gasteiger partial charge is 0.328 e. The van der Waals surface area contributed by atoms with Gasteiger partial charge in [0.2, 0.25) is 20.0 Å². The molecule has 0 spiro atoms. The average molecular weight is 384 g/mol. The molecule has 1 saturated heterocycles. The maximum absolute atomic E-state index is 12.6. The van der Waals surface area contributed by atoms with Crippen LogP contribution in [-0.4, -0.2) is 47.3 Å². The van der Waals surface area contributed by atoms with Crippen LogP contribution in [-0.2, 0) is 20.0 Å². The minimum Gasteiger partial charge on any atom is -0.328 e. The summed E-state index contributed by atoms with van der Waals surface area (Å²) in [6.07, 6.45) is 0.739. The quantitative estimate of drug-likeness (QED) is 0.763. The van der Waals surface area contributed by atoms with Gasteiger partial charge in [0.15, 0.2) is 0 Å². The van der Waals surface area contributed by atoms with Crippen LogP contribution in [0.2, 0.25) is 0 Å². The van der Waals surface area contributed by atoms with Crippen molar-refractivity contribution in [3.8, 4) is 0 Å². The summed E-state index contributed by atoms with van der Waals surface area (Å²) in [6, 6.07) is 5.16. The molecule has 0 aromatic heterocycles. The molecule has 0 bridgehead atoms. The highest BCUT2D eigenvalue weighted by molar-refractivity contribution is 7.89. The first-order valence-electron chi connectivity index (χ1n) is 6.98. The lowest BCUT2D eigenvalue weighted by Crippen LogP contribution is -2.33. The maximum atomic E-state index is 12.6. The van der Waals surface area contributed by atoms with Crippen molar-refractivity contribution in [1.29, 1.82) is 0 Å². The van der Waals surface area contributed by atoms with Gasteiger partial charge >= 0.3 is 0 Å². The Labute approximate surface area is 143 Å². The highest BCUT2D eigenvalue weighted by atomic mass is 35.5. The van der Waals surface area contributed by atoms with Crippen LogP contribution in [0.1, 0.15) is 13.3 Å². The van der Waals surface area contributed by atoms with Crippen molar-refractivity contribution < 1.29 is 16.8 Å². The Bertz CT molecular complexity index is 733. The molecule has 23 heavy (non-hydrogen) atoms. The Hall–Kier alpha value is -0.710. The molecule has 7 nitrogen and oxygen atoms in total. The lowest BCUT2D eigenvalue weighted by molar-refractivity contribution is 0.429. The van der Waals surface area contributed by atoms with Crippen LogP contribution in [0.15, 0.2) is 34.1 Å². The van der Waals surface area contributed by atoms with Crippen LogP contribution in [0.5, 0.6) is 0 Å². The molecule has 0 saturated carbocycles. The molecule has 3 N–H and O–H groups in total. The molecule has 1 heterocycles. The number of hydrogen-bond donors (Lipinski definition) is 2. The van der Waals surface area contributed by atoms with Gasteiger partial charge in [-0.3, -0.25) is 0 Å². The summed E-state index contributed by atoms with van der Waals surface area (Å²) in [5.41, 5.74) is 5.83. The topological polar surface area (TPSA) is 110 Å². The number of hydrogen-bond acceptors (Lipinski definition) is 5. The van der Waals surface area contributed by atoms with Gasteiger partial charge in [0.25, 0.3) is 0 Å². The average Bonchev–Trinajstić information content (AvgIpc) is 2.98. The predicted octanol–water partition coefficient (Wildman–Crippen LogP) is 0.374. The van der Waals surface area contributed by atoms with Gasteiger partial charge in [-0.25, -0.2) is 21.6 Å². The van der Waals surface area contributed by atoms with Crippen molar-refractivity contribution in [2.24, 2.45) is 11.7 Å². The summed E-state index contributed by atoms with van der Waals surface area (Å²) in [5, 5.41) is 0. The zero-order chi connectivity index (χ0) is 16.5. The van der Waals surface area contributed by atoms with Crippen LogP contribution in [0.3, 0.4) is 0 Å². The summed E-state index contributed by atoms with van der Waals surface area (Å²) in [5.74, 6) is 0.152. The second-order valence-electron chi connectivity index (χ2n) is 5.45. The Kier molecular flexibility index (Phi) is 6.59. The van der Waals surface area contributed by atoms with Crippen molar-refractivity contribution in [2.75, 3.05) is 20.1 Å². The van der Waals surface area contributed by atoms with Crippen LogP contribution >= 0.6 is 12.4 Å². The van der Waals surface area contributed by atoms with E-state index in [0.717, 1.165) is 6.42 Å². The highest BCUT2D eigenvalue weighted by Gasteiger charge is 2.34. The van der Waals surface area contributed by atoms with Crippen LogP contribution in [0.4, 0.5) is 0 Å². The van der Waals surface area contributed by atoms with Gasteiger partial charge in [-0.1, -0.05) is 0 Å². The van der Waals surface area contributed by atoms with Crippen molar-refractivity contribution >= 4 is 32.5 Å². The fourth-order valence-electron chi connectivity index (χ4n) is 2.46. The van der Waals surface area contributed by atoms with E-state index in [2.05, 4.69) is 4.72 Å². The van der Waals surface area contributed by atoms with E-state index in [1.54, 1.807) is 0 Å². The molecular weight excluding hydrogens is 362 g/mol. The number of halogens is 1. The van der Waals surface area contributed by atoms with Crippen molar-refractivity contribution in [3.05, 3.63) is 24.3 Å². The Morgan fingerprint density at radius 2 is 1.70 bits per heavy atom. The van der Waals surface area contributed by atoms with Crippen molar-refractivity contribution in [1.82, 2.24) is 9.03 Å². The molecular formula is C13H22ClN3O4S2. The second-order valence-corrected chi connectivity index (χ2v) is 9.27. The number of nitrogens with one attached hydrogen (secondary N) is 1. The molecule has 2 unspecified atom stereocenters. The SMILES string of the molecule is CNS(=O)(=O)c1ccc(S(=O)(=O)N2CCC(C(C)N)C2)cc1.Cl. The van der Waals surface area contributed by atoms with Crippen molar-refractivity contribution in [2.45, 2.75) is 29.2 Å². The van der Waals surface area contributed by atoms with Gasteiger partial charge in [0.05, 0.1) is 9.79 Å². The van der Waals surface area contributed by atoms with Gasteiger partial charge in [0, 0.05) is 19.1 Å². The van der Waals surface area contributed by atoms with E-state index in [0.29, 0.717) is 13.1 Å². The molecule has 10 heteroatoms. The third-order valence-corrected chi connectivity index (χ3v) is 7.28. The third-order valence-electron chi connectivity index (χ3n) is 3.97. The van der Waals surface area contributed by atoms with E-state index >= 15 is 0 Å². The Balaban J connectivity index is 0.00000264. The van der Waals surface area contributed by atoms with Gasteiger partial charge < -0.3 is 5.73 Å². The molecule has 1 aromatic carbocycles. The zero-order valence-electron chi connectivity index (χ0n) is 13.0. The monoisotopic (exact) mass is 383 g/mol. The van der Waals surface area contributed by atoms with Gasteiger partial charge in [0.1, 0.15) is 0 Å². The van der Waals surface area contributed by atoms with Gasteiger partial charge in [-0.15, -0.1) is 12.4 Å². The number of nitrogens with zero attached hydrogens (tertiary/aromatic N) is 1. The molecule has 2 rings (SSSR count). The fourth-order valence-corrected chi connectivity index (χ4v) is 4.70. The highest BCUT2D eigenvalue weighted by Crippen LogP contribution is 2.26. The number of rotatable bonds is 5. The summed E-state index contributed by atoms with van der Waals surface area (Å²) >= 11 is 0. The van der Waals surface area contributed by atoms with E-state index < -0.39 is 20.0 Å². The summed E-state index contributed by atoms with van der Waals surface area (Å²) in [4.78, 5) is 0.122. The Morgan fingerprint density at radius 1 is 1.17 bits per heavy atom. The minimum absolute atomic E-state index is 0. The predicted molar refractivity (Wildman–Crippen MR) is 90.5 cm³/mol. The van der Waals surface area contributed by atoms with E-state index in [1.165, 1.54) is 35.6 Å². The molecule has 1 aliphatic heterocycles. The van der Waals surface area contributed by atoms with E-state index in [4.69, 9.17) is 5.73 Å². The lowest BCUT2D eigenvalue weighted by Gasteiger charge is -2.18. The van der Waals surface area contributed by atoms with E-state index in [-0.39, 0.29) is 34.2 Å². The van der Waals surface area contributed by atoms with Gasteiger partial charge in [-0.2, -0.15) is 4.31 Å². The second kappa shape index (κ2) is 7.45. The maximum Gasteiger partial charge on any atom is 0.243 e. The van der Waals surface area contributed by atoms with Crippen molar-refractivity contribution in [3.63, 3.8) is 0 Å². The first kappa shape index (κ1) is 20.3. The molecule has 0 radical (unpaired) electrons. The molecule has 2 atom stereocenters. The first-order valence-corrected chi connectivity index (χ1v) is 9.90. The molecule has 132 valence electrons. The molecule has 0 amide bonds. The molecule has 1 fully saturated rings. The summed E-state index contributed by atoms with van der Waals surface area (Å²) in [6.45, 7) is 2.71. The Morgan fingerprint density at radius 3 is 2.13 bits per heavy atom.